The Hall–Kier alpha value is -4.47. The third-order valence-electron chi connectivity index (χ3n) is 8.27. The van der Waals surface area contributed by atoms with Crippen LogP contribution in [0.5, 0.6) is 0 Å². The van der Waals surface area contributed by atoms with E-state index >= 15 is 0 Å². The molecule has 3 aromatic carbocycles. The van der Waals surface area contributed by atoms with E-state index in [1.54, 1.807) is 13.2 Å². The van der Waals surface area contributed by atoms with Crippen molar-refractivity contribution in [1.82, 2.24) is 14.5 Å². The molecular weight excluding hydrogens is 552 g/mol. The van der Waals surface area contributed by atoms with Gasteiger partial charge in [-0.3, -0.25) is 14.5 Å². The van der Waals surface area contributed by atoms with E-state index in [0.717, 1.165) is 73.5 Å². The van der Waals surface area contributed by atoms with E-state index in [1.807, 2.05) is 61.5 Å². The quantitative estimate of drug-likeness (QED) is 0.219. The minimum atomic E-state index is -0.233. The zero-order chi connectivity index (χ0) is 31.1. The van der Waals surface area contributed by atoms with Gasteiger partial charge in [-0.15, -0.1) is 0 Å². The van der Waals surface area contributed by atoms with E-state index < -0.39 is 0 Å². The van der Waals surface area contributed by atoms with Crippen LogP contribution in [0.2, 0.25) is 0 Å². The Kier molecular flexibility index (Phi) is 10.1. The summed E-state index contributed by atoms with van der Waals surface area (Å²) in [7, 11) is 1.71. The summed E-state index contributed by atoms with van der Waals surface area (Å²) in [6.07, 6.45) is 4.68. The number of unbranched alkanes of at least 4 members (excludes halogenated alkanes) is 1. The smallest absolute Gasteiger partial charge is 0.293 e. The van der Waals surface area contributed by atoms with Gasteiger partial charge < -0.3 is 25.2 Å². The van der Waals surface area contributed by atoms with Gasteiger partial charge in [0.1, 0.15) is 0 Å². The Morgan fingerprint density at radius 3 is 2.45 bits per heavy atom. The Labute approximate surface area is 259 Å². The highest BCUT2D eigenvalue weighted by atomic mass is 16.3. The molecule has 5 rings (SSSR count). The summed E-state index contributed by atoms with van der Waals surface area (Å²) < 4.78 is 1.53. The molecule has 1 amide bonds. The molecule has 1 fully saturated rings. The number of benzene rings is 3. The van der Waals surface area contributed by atoms with E-state index in [-0.39, 0.29) is 23.9 Å². The molecule has 4 aromatic rings. The van der Waals surface area contributed by atoms with Crippen molar-refractivity contribution < 1.29 is 9.90 Å². The predicted octanol–water partition coefficient (Wildman–Crippen LogP) is 5.21. The number of aryl methyl sites for hydroxylation is 2. The second-order valence-corrected chi connectivity index (χ2v) is 11.3. The summed E-state index contributed by atoms with van der Waals surface area (Å²) in [5.41, 5.74) is 6.43. The van der Waals surface area contributed by atoms with Gasteiger partial charge in [0.15, 0.2) is 5.82 Å². The summed E-state index contributed by atoms with van der Waals surface area (Å²) in [6, 6.07) is 21.5. The number of nitrogens with one attached hydrogen (secondary N) is 2. The molecule has 1 aliphatic rings. The number of aliphatic hydroxyl groups is 1. The lowest BCUT2D eigenvalue weighted by Crippen LogP contribution is -2.47. The van der Waals surface area contributed by atoms with Crippen LogP contribution in [0.1, 0.15) is 41.3 Å². The Morgan fingerprint density at radius 1 is 0.977 bits per heavy atom. The number of β-amino-alcohol motifs (C(OH)–C–C–N with tert-alkyl or cyclic N) is 1. The number of piperazine rings is 1. The van der Waals surface area contributed by atoms with E-state index in [9.17, 15) is 14.7 Å². The molecule has 0 unspecified atom stereocenters. The average Bonchev–Trinajstić information content (AvgIpc) is 3.04. The van der Waals surface area contributed by atoms with Crippen LogP contribution in [0.3, 0.4) is 0 Å². The first kappa shape index (κ1) is 31.0. The second kappa shape index (κ2) is 14.3. The molecule has 1 aromatic heterocycles. The van der Waals surface area contributed by atoms with Gasteiger partial charge in [0.05, 0.1) is 12.3 Å². The number of nitrogens with zero attached hydrogens (tertiary/aromatic N) is 4. The van der Waals surface area contributed by atoms with Crippen LogP contribution >= 0.6 is 0 Å². The minimum Gasteiger partial charge on any atom is -0.395 e. The number of anilines is 4. The topological polar surface area (TPSA) is 103 Å². The molecule has 0 radical (unpaired) electrons. The van der Waals surface area contributed by atoms with E-state index in [2.05, 4.69) is 39.5 Å². The lowest BCUT2D eigenvalue weighted by Gasteiger charge is -2.35. The van der Waals surface area contributed by atoms with Crippen LogP contribution in [-0.2, 0) is 13.5 Å². The van der Waals surface area contributed by atoms with Gasteiger partial charge in [0.25, 0.3) is 11.5 Å². The number of rotatable bonds is 11. The standard InChI is InChI=1S/C35H42N6O3/c1-4-5-9-26-10-6-7-11-30(26)34(43)38-31-13-8-12-29(25(31)2)32-24-39(3)35(44)33(37-32)36-27-14-16-28(17-15-27)41-20-18-40(19-21-41)22-23-42/h6-8,10-17,24,42H,4-5,9,18-23H2,1-3H3,(H,36,37)(H,38,43). The van der Waals surface area contributed by atoms with Crippen molar-refractivity contribution in [1.29, 1.82) is 0 Å². The summed E-state index contributed by atoms with van der Waals surface area (Å²) >= 11 is 0. The van der Waals surface area contributed by atoms with Crippen LogP contribution in [-0.4, -0.2) is 64.8 Å². The van der Waals surface area contributed by atoms with E-state index in [0.29, 0.717) is 23.5 Å². The number of carbonyl (C=O) groups excluding carboxylic acids is 1. The van der Waals surface area contributed by atoms with Crippen molar-refractivity contribution in [3.63, 3.8) is 0 Å². The van der Waals surface area contributed by atoms with Crippen molar-refractivity contribution in [2.24, 2.45) is 7.05 Å². The highest BCUT2D eigenvalue weighted by Crippen LogP contribution is 2.29. The van der Waals surface area contributed by atoms with Crippen LogP contribution < -0.4 is 21.1 Å². The van der Waals surface area contributed by atoms with Gasteiger partial charge in [0, 0.05) is 74.2 Å². The van der Waals surface area contributed by atoms with Crippen LogP contribution in [0, 0.1) is 6.92 Å². The molecule has 9 nitrogen and oxygen atoms in total. The Morgan fingerprint density at radius 2 is 1.73 bits per heavy atom. The molecule has 9 heteroatoms. The molecule has 1 saturated heterocycles. The number of hydrogen-bond donors (Lipinski definition) is 3. The van der Waals surface area contributed by atoms with Gasteiger partial charge in [-0.2, -0.15) is 0 Å². The van der Waals surface area contributed by atoms with E-state index in [1.165, 1.54) is 4.57 Å². The SMILES string of the molecule is CCCCc1ccccc1C(=O)Nc1cccc(-c2cn(C)c(=O)c(Nc3ccc(N4CCN(CCO)CC4)cc3)n2)c1C. The van der Waals surface area contributed by atoms with Crippen molar-refractivity contribution in [2.45, 2.75) is 33.1 Å². The Balaban J connectivity index is 1.34. The monoisotopic (exact) mass is 594 g/mol. The highest BCUT2D eigenvalue weighted by molar-refractivity contribution is 6.06. The zero-order valence-electron chi connectivity index (χ0n) is 25.8. The first-order valence-electron chi connectivity index (χ1n) is 15.4. The van der Waals surface area contributed by atoms with E-state index in [4.69, 9.17) is 4.98 Å². The van der Waals surface area contributed by atoms with Crippen LogP contribution in [0.15, 0.2) is 77.7 Å². The molecular formula is C35H42N6O3. The molecule has 0 saturated carbocycles. The van der Waals surface area contributed by atoms with Crippen molar-refractivity contribution in [3.8, 4) is 11.3 Å². The first-order chi connectivity index (χ1) is 21.4. The summed E-state index contributed by atoms with van der Waals surface area (Å²) in [6.45, 7) is 8.65. The lowest BCUT2D eigenvalue weighted by atomic mass is 10.0. The van der Waals surface area contributed by atoms with Gasteiger partial charge in [0.2, 0.25) is 0 Å². The second-order valence-electron chi connectivity index (χ2n) is 11.3. The molecule has 1 aliphatic heterocycles. The highest BCUT2D eigenvalue weighted by Gasteiger charge is 2.18. The number of hydrogen-bond acceptors (Lipinski definition) is 7. The maximum absolute atomic E-state index is 13.3. The normalized spacial score (nSPS) is 13.6. The van der Waals surface area contributed by atoms with Gasteiger partial charge >= 0.3 is 0 Å². The summed E-state index contributed by atoms with van der Waals surface area (Å²) in [4.78, 5) is 35.7. The number of amides is 1. The third-order valence-corrected chi connectivity index (χ3v) is 8.27. The van der Waals surface area contributed by atoms with Crippen LogP contribution in [0.4, 0.5) is 22.9 Å². The fourth-order valence-corrected chi connectivity index (χ4v) is 5.65. The maximum atomic E-state index is 13.3. The maximum Gasteiger partial charge on any atom is 0.293 e. The predicted molar refractivity (Wildman–Crippen MR) is 178 cm³/mol. The van der Waals surface area contributed by atoms with Crippen molar-refractivity contribution >= 4 is 28.8 Å². The Bertz CT molecular complexity index is 1640. The van der Waals surface area contributed by atoms with Crippen molar-refractivity contribution in [3.05, 3.63) is 100.0 Å². The number of aliphatic hydroxyl groups excluding tert-OH is 1. The average molecular weight is 595 g/mol. The van der Waals surface area contributed by atoms with Crippen molar-refractivity contribution in [2.75, 3.05) is 54.9 Å². The number of aromatic nitrogens is 2. The molecule has 3 N–H and O–H groups in total. The largest absolute Gasteiger partial charge is 0.395 e. The molecule has 0 bridgehead atoms. The van der Waals surface area contributed by atoms with Gasteiger partial charge in [-0.1, -0.05) is 43.7 Å². The minimum absolute atomic E-state index is 0.136. The molecule has 0 atom stereocenters. The molecule has 0 aliphatic carbocycles. The lowest BCUT2D eigenvalue weighted by molar-refractivity contribution is 0.102. The fourth-order valence-electron chi connectivity index (χ4n) is 5.65. The molecule has 44 heavy (non-hydrogen) atoms. The number of carbonyl (C=O) groups is 1. The fraction of sp³-hybridized carbons (Fsp3) is 0.343. The molecule has 0 spiro atoms. The zero-order valence-corrected chi connectivity index (χ0v) is 25.8. The third kappa shape index (κ3) is 7.18. The van der Waals surface area contributed by atoms with Gasteiger partial charge in [-0.25, -0.2) is 4.98 Å². The van der Waals surface area contributed by atoms with Crippen LogP contribution in [0.25, 0.3) is 11.3 Å². The molecule has 2 heterocycles. The van der Waals surface area contributed by atoms with Gasteiger partial charge in [-0.05, 0) is 67.3 Å². The summed E-state index contributed by atoms with van der Waals surface area (Å²) in [5, 5.41) is 15.5. The molecule has 230 valence electrons. The first-order valence-corrected chi connectivity index (χ1v) is 15.4. The summed E-state index contributed by atoms with van der Waals surface area (Å²) in [5.74, 6) is 0.0947.